The molecule has 1 N–H and O–H groups in total. The van der Waals surface area contributed by atoms with E-state index in [2.05, 4.69) is 102 Å². The summed E-state index contributed by atoms with van der Waals surface area (Å²) >= 11 is 6.92. The summed E-state index contributed by atoms with van der Waals surface area (Å²) in [7, 11) is 0. The summed E-state index contributed by atoms with van der Waals surface area (Å²) in [6.45, 7) is 2.23. The van der Waals surface area contributed by atoms with Crippen LogP contribution in [0.5, 0.6) is 0 Å². The maximum atomic E-state index is 11.2. The van der Waals surface area contributed by atoms with Crippen molar-refractivity contribution in [2.75, 3.05) is 5.75 Å². The Hall–Kier alpha value is -5.01. The quantitative estimate of drug-likeness (QED) is 0.0654. The molecule has 0 aliphatic carbocycles. The molecule has 0 amide bonds. The summed E-state index contributed by atoms with van der Waals surface area (Å²) in [4.78, 5) is 35.3. The van der Waals surface area contributed by atoms with Crippen LogP contribution in [0.25, 0.3) is 63.5 Å². The molecular formula is C39H28N2O4S4. The Balaban J connectivity index is 0.00000134. The minimum atomic E-state index is -1.21. The van der Waals surface area contributed by atoms with Crippen LogP contribution in [0.1, 0.15) is 24.6 Å². The second-order valence-corrected chi connectivity index (χ2v) is 15.3. The van der Waals surface area contributed by atoms with Gasteiger partial charge in [-0.1, -0.05) is 37.6 Å². The summed E-state index contributed by atoms with van der Waals surface area (Å²) in [5, 5.41) is 20.7. The number of thioether (sulfide) groups is 1. The lowest BCUT2D eigenvalue weighted by molar-refractivity contribution is -0.191. The van der Waals surface area contributed by atoms with Gasteiger partial charge in [-0.05, 0) is 103 Å². The van der Waals surface area contributed by atoms with Crippen LogP contribution in [0.2, 0.25) is 0 Å². The highest BCUT2D eigenvalue weighted by Gasteiger charge is 2.15. The molecule has 4 aromatic heterocycles. The van der Waals surface area contributed by atoms with E-state index in [1.54, 1.807) is 28.7 Å². The van der Waals surface area contributed by atoms with Gasteiger partial charge in [0.1, 0.15) is 11.6 Å². The minimum absolute atomic E-state index is 0.250. The summed E-state index contributed by atoms with van der Waals surface area (Å²) in [6.07, 6.45) is 4.13. The largest absolute Gasteiger partial charge is 0.477 e. The Morgan fingerprint density at radius 1 is 0.796 bits per heavy atom. The number of rotatable bonds is 10. The highest BCUT2D eigenvalue weighted by atomic mass is 32.2. The van der Waals surface area contributed by atoms with Gasteiger partial charge in [-0.2, -0.15) is 14.9 Å². The third kappa shape index (κ3) is 7.37. The van der Waals surface area contributed by atoms with Crippen molar-refractivity contribution in [1.29, 1.82) is 5.26 Å². The van der Waals surface area contributed by atoms with E-state index in [1.165, 1.54) is 82.8 Å². The molecule has 242 valence electrons. The first-order valence-electron chi connectivity index (χ1n) is 15.4. The number of nitrogens with zero attached hydrogens (tertiary/aromatic N) is 2. The molecule has 7 aromatic rings. The van der Waals surface area contributed by atoms with Gasteiger partial charge in [0.05, 0.1) is 11.0 Å². The number of carbonyl (C=O) groups is 1. The number of carboxylic acid groups (broad SMARTS) is 1. The van der Waals surface area contributed by atoms with Crippen LogP contribution >= 0.6 is 45.8 Å². The van der Waals surface area contributed by atoms with Crippen LogP contribution in [0.3, 0.4) is 0 Å². The second-order valence-electron chi connectivity index (χ2n) is 10.9. The van der Waals surface area contributed by atoms with E-state index in [9.17, 15) is 9.90 Å². The number of benzene rings is 3. The molecule has 0 radical (unpaired) electrons. The second kappa shape index (κ2) is 15.5. The number of hydrogen-bond donors (Lipinski definition) is 1. The fourth-order valence-electron chi connectivity index (χ4n) is 5.51. The van der Waals surface area contributed by atoms with Gasteiger partial charge < -0.3 is 9.67 Å². The smallest absolute Gasteiger partial charge is 0.373 e. The molecule has 0 aliphatic heterocycles. The van der Waals surface area contributed by atoms with Crippen LogP contribution in [-0.4, -0.2) is 27.5 Å². The molecule has 0 atom stereocenters. The molecule has 0 bridgehead atoms. The average Bonchev–Trinajstić information content (AvgIpc) is 3.93. The third-order valence-corrected chi connectivity index (χ3v) is 12.5. The number of thiophene rings is 3. The minimum Gasteiger partial charge on any atom is -0.477 e. The predicted molar refractivity (Wildman–Crippen MR) is 203 cm³/mol. The number of fused-ring (bicyclic) bond motifs is 3. The van der Waals surface area contributed by atoms with Crippen molar-refractivity contribution in [3.63, 3.8) is 0 Å². The van der Waals surface area contributed by atoms with Gasteiger partial charge in [0.25, 0.3) is 0 Å². The zero-order valence-corrected chi connectivity index (χ0v) is 29.5. The van der Waals surface area contributed by atoms with Crippen molar-refractivity contribution in [3.8, 4) is 41.7 Å². The molecule has 0 saturated heterocycles. The fraction of sp³-hybridized carbons (Fsp3) is 0.103. The van der Waals surface area contributed by atoms with Gasteiger partial charge in [0, 0.05) is 50.6 Å². The van der Waals surface area contributed by atoms with E-state index in [1.807, 2.05) is 23.9 Å². The zero-order chi connectivity index (χ0) is 34.3. The Bertz CT molecular complexity index is 2380. The van der Waals surface area contributed by atoms with Crippen LogP contribution < -0.4 is 0 Å². The molecule has 0 spiro atoms. The van der Waals surface area contributed by atoms with Crippen molar-refractivity contribution in [2.45, 2.75) is 24.7 Å². The van der Waals surface area contributed by atoms with E-state index < -0.39 is 5.97 Å². The number of unbranched alkanes of at least 4 members (excludes halogenated alkanes) is 1. The van der Waals surface area contributed by atoms with E-state index in [-0.39, 0.29) is 11.7 Å². The zero-order valence-electron chi connectivity index (χ0n) is 26.2. The lowest BCUT2D eigenvalue weighted by atomic mass is 10.1. The molecule has 7 rings (SSSR count). The SMILES string of the molecule is CCCCSc1ccc(-n2c3ccccc3c3cc(-c4ccc(-c5ccc(-c6ccc(C=C(C#N)C(=O)O)s6)s5)s4)ccc32)cc1.O=C=O. The van der Waals surface area contributed by atoms with Crippen LogP contribution in [0.4, 0.5) is 0 Å². The van der Waals surface area contributed by atoms with E-state index in [4.69, 9.17) is 14.9 Å². The average molecular weight is 717 g/mol. The Morgan fingerprint density at radius 3 is 2.08 bits per heavy atom. The van der Waals surface area contributed by atoms with Crippen molar-refractivity contribution in [2.24, 2.45) is 0 Å². The van der Waals surface area contributed by atoms with E-state index in [0.717, 1.165) is 20.4 Å². The van der Waals surface area contributed by atoms with Crippen LogP contribution in [-0.2, 0) is 14.4 Å². The third-order valence-electron chi connectivity index (χ3n) is 7.78. The van der Waals surface area contributed by atoms with E-state index in [0.29, 0.717) is 0 Å². The number of para-hydroxylation sites is 1. The van der Waals surface area contributed by atoms with Gasteiger partial charge in [-0.15, -0.1) is 45.8 Å². The number of hydrogen-bond acceptors (Lipinski definition) is 8. The Labute approximate surface area is 299 Å². The maximum Gasteiger partial charge on any atom is 0.373 e. The number of carboxylic acids is 1. The first kappa shape index (κ1) is 33.9. The number of aromatic nitrogens is 1. The van der Waals surface area contributed by atoms with Gasteiger partial charge in [0.15, 0.2) is 0 Å². The predicted octanol–water partition coefficient (Wildman–Crippen LogP) is 11.3. The number of nitriles is 1. The van der Waals surface area contributed by atoms with Gasteiger partial charge in [-0.3, -0.25) is 0 Å². The Kier molecular flexibility index (Phi) is 10.7. The topological polar surface area (TPSA) is 100 Å². The molecule has 3 aromatic carbocycles. The number of aliphatic carboxylic acids is 1. The summed E-state index contributed by atoms with van der Waals surface area (Å²) in [5.74, 6) is -0.0585. The Morgan fingerprint density at radius 2 is 1.41 bits per heavy atom. The van der Waals surface area contributed by atoms with Crippen LogP contribution in [0, 0.1) is 11.3 Å². The number of carbonyl (C=O) groups excluding carboxylic acids is 2. The molecule has 10 heteroatoms. The molecule has 0 fully saturated rings. The molecule has 49 heavy (non-hydrogen) atoms. The van der Waals surface area contributed by atoms with Crippen molar-refractivity contribution >= 4 is 85.8 Å². The summed E-state index contributed by atoms with van der Waals surface area (Å²) in [6, 6.07) is 38.7. The van der Waals surface area contributed by atoms with Crippen molar-refractivity contribution in [1.82, 2.24) is 4.57 Å². The molecule has 6 nitrogen and oxygen atoms in total. The van der Waals surface area contributed by atoms with Crippen molar-refractivity contribution < 1.29 is 19.5 Å². The first-order chi connectivity index (χ1) is 23.9. The molecule has 0 aliphatic rings. The normalized spacial score (nSPS) is 11.2. The van der Waals surface area contributed by atoms with Gasteiger partial charge in [-0.25, -0.2) is 4.79 Å². The fourth-order valence-corrected chi connectivity index (χ4v) is 9.64. The summed E-state index contributed by atoms with van der Waals surface area (Å²) < 4.78 is 2.37. The van der Waals surface area contributed by atoms with Gasteiger partial charge in [0.2, 0.25) is 0 Å². The standard InChI is InChI=1S/C38H28N2O2S4.CO2/c1-2-3-20-43-27-11-9-26(10-12-27)40-31-7-5-4-6-29(31)30-22-24(8-14-32(30)40)33-16-17-36(45-33)37-19-18-35(46-37)34-15-13-28(44-34)21-25(23-39)38(41)42;2-1-3/h4-19,21-22H,2-3,20H2,1H3,(H,41,42);. The highest BCUT2D eigenvalue weighted by Crippen LogP contribution is 2.43. The first-order valence-corrected chi connectivity index (χ1v) is 18.8. The highest BCUT2D eigenvalue weighted by molar-refractivity contribution is 7.99. The van der Waals surface area contributed by atoms with E-state index >= 15 is 0 Å². The molecule has 0 saturated carbocycles. The molecule has 0 unspecified atom stereocenters. The van der Waals surface area contributed by atoms with Crippen molar-refractivity contribution in [3.05, 3.63) is 114 Å². The molecule has 4 heterocycles. The molecular weight excluding hydrogens is 689 g/mol. The van der Waals surface area contributed by atoms with Crippen LogP contribution in [0.15, 0.2) is 114 Å². The lowest BCUT2D eigenvalue weighted by Crippen LogP contribution is -1.96. The lowest BCUT2D eigenvalue weighted by Gasteiger charge is -2.09. The summed E-state index contributed by atoms with van der Waals surface area (Å²) in [5.41, 5.74) is 4.52. The monoisotopic (exact) mass is 716 g/mol. The van der Waals surface area contributed by atoms with Gasteiger partial charge >= 0.3 is 12.1 Å². The maximum absolute atomic E-state index is 11.2.